The van der Waals surface area contributed by atoms with E-state index in [4.69, 9.17) is 14.8 Å². The summed E-state index contributed by atoms with van der Waals surface area (Å²) in [4.78, 5) is 0. The fraction of sp³-hybridized carbons (Fsp3) is 0.562. The summed E-state index contributed by atoms with van der Waals surface area (Å²) in [7, 11) is -3.81. The standard InChI is InChI=1S/C16H25N2O3P/c1-12(2)20-22(19,21-13(3)4)16(18,11-17)10-15-8-6-14(5)7-9-15/h6-9,12-13H,10,18H2,1-5H3. The van der Waals surface area contributed by atoms with Gasteiger partial charge in [0.2, 0.25) is 5.28 Å². The highest BCUT2D eigenvalue weighted by atomic mass is 31.2. The minimum atomic E-state index is -3.81. The van der Waals surface area contributed by atoms with Crippen LogP contribution in [0.5, 0.6) is 0 Å². The highest BCUT2D eigenvalue weighted by molar-refractivity contribution is 7.56. The maximum atomic E-state index is 13.2. The van der Waals surface area contributed by atoms with Crippen LogP contribution in [-0.4, -0.2) is 17.5 Å². The zero-order chi connectivity index (χ0) is 17.0. The summed E-state index contributed by atoms with van der Waals surface area (Å²) in [6.07, 6.45) is -0.627. The third-order valence-electron chi connectivity index (χ3n) is 2.98. The van der Waals surface area contributed by atoms with Crippen molar-refractivity contribution in [2.75, 3.05) is 0 Å². The molecule has 1 unspecified atom stereocenters. The van der Waals surface area contributed by atoms with Gasteiger partial charge in [-0.15, -0.1) is 0 Å². The van der Waals surface area contributed by atoms with Gasteiger partial charge in [-0.2, -0.15) is 5.26 Å². The molecule has 0 bridgehead atoms. The zero-order valence-corrected chi connectivity index (χ0v) is 14.8. The summed E-state index contributed by atoms with van der Waals surface area (Å²) in [5.41, 5.74) is 8.08. The van der Waals surface area contributed by atoms with Gasteiger partial charge in [0, 0.05) is 6.42 Å². The molecule has 5 nitrogen and oxygen atoms in total. The molecule has 1 aromatic rings. The molecule has 0 aliphatic heterocycles. The van der Waals surface area contributed by atoms with Gasteiger partial charge in [-0.05, 0) is 40.2 Å². The zero-order valence-electron chi connectivity index (χ0n) is 13.9. The van der Waals surface area contributed by atoms with Crippen molar-refractivity contribution in [3.63, 3.8) is 0 Å². The SMILES string of the molecule is Cc1ccc(CC(N)(C#N)P(=O)(OC(C)C)OC(C)C)cc1. The second-order valence-corrected chi connectivity index (χ2v) is 8.22. The van der Waals surface area contributed by atoms with E-state index in [2.05, 4.69) is 0 Å². The molecule has 1 rings (SSSR count). The third kappa shape index (κ3) is 4.66. The Hall–Kier alpha value is -1.18. The van der Waals surface area contributed by atoms with Crippen LogP contribution in [0.1, 0.15) is 38.8 Å². The first-order chi connectivity index (χ1) is 10.1. The first-order valence-corrected chi connectivity index (χ1v) is 8.89. The van der Waals surface area contributed by atoms with E-state index in [-0.39, 0.29) is 18.6 Å². The average molecular weight is 324 g/mol. The first-order valence-electron chi connectivity index (χ1n) is 7.34. The van der Waals surface area contributed by atoms with E-state index in [1.807, 2.05) is 37.3 Å². The number of hydrogen-bond acceptors (Lipinski definition) is 5. The van der Waals surface area contributed by atoms with Crippen LogP contribution in [0.2, 0.25) is 0 Å². The van der Waals surface area contributed by atoms with Crippen LogP contribution >= 0.6 is 7.60 Å². The van der Waals surface area contributed by atoms with Gasteiger partial charge in [0.1, 0.15) is 0 Å². The molecule has 2 N–H and O–H groups in total. The number of nitrogens with zero attached hydrogens (tertiary/aromatic N) is 1. The van der Waals surface area contributed by atoms with Gasteiger partial charge in [0.15, 0.2) is 0 Å². The number of nitrogens with two attached hydrogens (primary N) is 1. The molecule has 1 atom stereocenters. The summed E-state index contributed by atoms with van der Waals surface area (Å²) in [5.74, 6) is 0. The predicted molar refractivity (Wildman–Crippen MR) is 87.5 cm³/mol. The minimum Gasteiger partial charge on any atom is -0.304 e. The van der Waals surface area contributed by atoms with E-state index in [0.29, 0.717) is 0 Å². The van der Waals surface area contributed by atoms with Crippen LogP contribution in [0.4, 0.5) is 0 Å². The molecule has 0 spiro atoms. The summed E-state index contributed by atoms with van der Waals surface area (Å²) < 4.78 is 24.1. The minimum absolute atomic E-state index is 0.0977. The van der Waals surface area contributed by atoms with Crippen molar-refractivity contribution < 1.29 is 13.6 Å². The van der Waals surface area contributed by atoms with Crippen LogP contribution in [-0.2, 0) is 20.0 Å². The Labute approximate surface area is 133 Å². The highest BCUT2D eigenvalue weighted by Crippen LogP contribution is 2.60. The van der Waals surface area contributed by atoms with Crippen LogP contribution in [0.15, 0.2) is 24.3 Å². The molecule has 0 saturated carbocycles. The van der Waals surface area contributed by atoms with Gasteiger partial charge in [-0.3, -0.25) is 4.57 Å². The van der Waals surface area contributed by atoms with Gasteiger partial charge in [0.05, 0.1) is 18.3 Å². The Morgan fingerprint density at radius 3 is 2.00 bits per heavy atom. The Morgan fingerprint density at radius 1 is 1.18 bits per heavy atom. The molecule has 6 heteroatoms. The van der Waals surface area contributed by atoms with Gasteiger partial charge < -0.3 is 14.8 Å². The van der Waals surface area contributed by atoms with Gasteiger partial charge >= 0.3 is 7.60 Å². The number of rotatable bonds is 7. The number of hydrogen-bond donors (Lipinski definition) is 1. The lowest BCUT2D eigenvalue weighted by Gasteiger charge is -2.33. The summed E-state index contributed by atoms with van der Waals surface area (Å²) >= 11 is 0. The van der Waals surface area contributed by atoms with Gasteiger partial charge in [0.25, 0.3) is 0 Å². The number of benzene rings is 1. The second kappa shape index (κ2) is 7.39. The summed E-state index contributed by atoms with van der Waals surface area (Å²) in [6, 6.07) is 9.53. The van der Waals surface area contributed by atoms with E-state index < -0.39 is 12.9 Å². The van der Waals surface area contributed by atoms with Gasteiger partial charge in [-0.25, -0.2) is 0 Å². The molecule has 122 valence electrons. The molecular formula is C16H25N2O3P. The van der Waals surface area contributed by atoms with Gasteiger partial charge in [-0.1, -0.05) is 29.8 Å². The predicted octanol–water partition coefficient (Wildman–Crippen LogP) is 3.76. The smallest absolute Gasteiger partial charge is 0.304 e. The van der Waals surface area contributed by atoms with E-state index in [1.165, 1.54) is 0 Å². The Morgan fingerprint density at radius 2 is 1.64 bits per heavy atom. The average Bonchev–Trinajstić information content (AvgIpc) is 2.39. The quantitative estimate of drug-likeness (QED) is 0.772. The Balaban J connectivity index is 3.17. The normalized spacial score (nSPS) is 14.9. The number of aryl methyl sites for hydroxylation is 1. The molecule has 1 aromatic carbocycles. The van der Waals surface area contributed by atoms with Crippen LogP contribution in [0.3, 0.4) is 0 Å². The summed E-state index contributed by atoms with van der Waals surface area (Å²) in [5, 5.41) is 7.83. The molecule has 0 aliphatic rings. The van der Waals surface area contributed by atoms with Crippen molar-refractivity contribution in [1.82, 2.24) is 0 Å². The van der Waals surface area contributed by atoms with Crippen molar-refractivity contribution >= 4 is 7.60 Å². The highest BCUT2D eigenvalue weighted by Gasteiger charge is 2.50. The lowest BCUT2D eigenvalue weighted by molar-refractivity contribution is 0.131. The maximum Gasteiger partial charge on any atom is 0.365 e. The fourth-order valence-corrected chi connectivity index (χ4v) is 4.02. The van der Waals surface area contributed by atoms with Crippen molar-refractivity contribution in [2.45, 2.75) is 58.5 Å². The van der Waals surface area contributed by atoms with Crippen molar-refractivity contribution in [1.29, 1.82) is 5.26 Å². The molecule has 0 aromatic heterocycles. The fourth-order valence-electron chi connectivity index (χ4n) is 1.98. The lowest BCUT2D eigenvalue weighted by Crippen LogP contribution is -2.42. The monoisotopic (exact) mass is 324 g/mol. The van der Waals surface area contributed by atoms with Crippen molar-refractivity contribution in [3.05, 3.63) is 35.4 Å². The maximum absolute atomic E-state index is 13.2. The molecule has 0 saturated heterocycles. The number of nitriles is 1. The largest absolute Gasteiger partial charge is 0.365 e. The third-order valence-corrected chi connectivity index (χ3v) is 5.61. The summed E-state index contributed by atoms with van der Waals surface area (Å²) in [6.45, 7) is 8.92. The lowest BCUT2D eigenvalue weighted by atomic mass is 10.1. The second-order valence-electron chi connectivity index (χ2n) is 6.00. The molecular weight excluding hydrogens is 299 g/mol. The molecule has 22 heavy (non-hydrogen) atoms. The van der Waals surface area contributed by atoms with Crippen LogP contribution < -0.4 is 5.73 Å². The molecule has 0 fully saturated rings. The topological polar surface area (TPSA) is 85.3 Å². The van der Waals surface area contributed by atoms with Crippen LogP contribution in [0.25, 0.3) is 0 Å². The van der Waals surface area contributed by atoms with Crippen molar-refractivity contribution in [3.8, 4) is 6.07 Å². The van der Waals surface area contributed by atoms with Crippen molar-refractivity contribution in [2.24, 2.45) is 5.73 Å². The molecule has 0 amide bonds. The van der Waals surface area contributed by atoms with E-state index in [1.54, 1.807) is 27.7 Å². The van der Waals surface area contributed by atoms with Crippen LogP contribution in [0, 0.1) is 18.3 Å². The van der Waals surface area contributed by atoms with E-state index >= 15 is 0 Å². The Bertz CT molecular complexity index is 564. The Kier molecular flexibility index (Phi) is 6.34. The van der Waals surface area contributed by atoms with E-state index in [0.717, 1.165) is 11.1 Å². The first kappa shape index (κ1) is 18.9. The van der Waals surface area contributed by atoms with E-state index in [9.17, 15) is 9.83 Å². The molecule has 0 aliphatic carbocycles. The molecule has 0 radical (unpaired) electrons. The molecule has 0 heterocycles.